The quantitative estimate of drug-likeness (QED) is 0.718. The van der Waals surface area contributed by atoms with Gasteiger partial charge in [-0.05, 0) is 37.4 Å². The van der Waals surface area contributed by atoms with E-state index in [4.69, 9.17) is 5.73 Å². The Balaban J connectivity index is 2.09. The smallest absolute Gasteiger partial charge is 0.247 e. The minimum atomic E-state index is -0.553. The number of hydrogen-bond donors (Lipinski definition) is 3. The van der Waals surface area contributed by atoms with E-state index < -0.39 is 6.04 Å². The van der Waals surface area contributed by atoms with Gasteiger partial charge < -0.3 is 16.4 Å². The summed E-state index contributed by atoms with van der Waals surface area (Å²) in [6.07, 6.45) is 1.84. The van der Waals surface area contributed by atoms with Gasteiger partial charge in [-0.15, -0.1) is 10.2 Å². The molecule has 1 unspecified atom stereocenters. The van der Waals surface area contributed by atoms with Gasteiger partial charge in [0, 0.05) is 18.3 Å². The maximum absolute atomic E-state index is 12.4. The van der Waals surface area contributed by atoms with E-state index in [0.29, 0.717) is 16.5 Å². The van der Waals surface area contributed by atoms with Crippen LogP contribution in [0.3, 0.4) is 0 Å². The second kappa shape index (κ2) is 7.14. The number of nitrogens with one attached hydrogen (secondary N) is 2. The number of aromatic nitrogens is 3. The molecule has 0 fully saturated rings. The van der Waals surface area contributed by atoms with E-state index in [2.05, 4.69) is 20.8 Å². The summed E-state index contributed by atoms with van der Waals surface area (Å²) in [5, 5.41) is 13.7. The Hall–Kier alpha value is -2.55. The van der Waals surface area contributed by atoms with E-state index in [1.807, 2.05) is 6.26 Å². The minimum Gasteiger partial charge on any atom is -0.368 e. The monoisotopic (exact) mass is 334 g/mol. The van der Waals surface area contributed by atoms with E-state index in [-0.39, 0.29) is 17.8 Å². The standard InChI is InChI=1S/C14H18N6O2S/c1-8(20-13(15)18-19-14(20)23-3)12(22)17-11-6-4-10(5-7-11)16-9(2)21/h4-8H,1-3H3,(H2,15,18)(H,16,21)(H,17,22). The fourth-order valence-corrected chi connectivity index (χ4v) is 2.57. The first-order valence-corrected chi connectivity index (χ1v) is 8.07. The van der Waals surface area contributed by atoms with Gasteiger partial charge >= 0.3 is 0 Å². The van der Waals surface area contributed by atoms with Crippen molar-refractivity contribution in [2.45, 2.75) is 25.0 Å². The van der Waals surface area contributed by atoms with Crippen LogP contribution in [-0.4, -0.2) is 32.8 Å². The molecule has 2 rings (SSSR count). The van der Waals surface area contributed by atoms with Crippen LogP contribution >= 0.6 is 11.8 Å². The van der Waals surface area contributed by atoms with E-state index in [9.17, 15) is 9.59 Å². The number of rotatable bonds is 5. The third-order valence-electron chi connectivity index (χ3n) is 3.11. The van der Waals surface area contributed by atoms with Crippen molar-refractivity contribution in [2.75, 3.05) is 22.6 Å². The molecule has 8 nitrogen and oxygen atoms in total. The zero-order valence-electron chi connectivity index (χ0n) is 13.0. The summed E-state index contributed by atoms with van der Waals surface area (Å²) in [5.74, 6) is -0.194. The van der Waals surface area contributed by atoms with Crippen molar-refractivity contribution in [2.24, 2.45) is 0 Å². The number of thioether (sulfide) groups is 1. The van der Waals surface area contributed by atoms with E-state index in [1.165, 1.54) is 18.7 Å². The SMILES string of the molecule is CSc1nnc(N)n1C(C)C(=O)Nc1ccc(NC(C)=O)cc1. The third kappa shape index (κ3) is 4.01. The summed E-state index contributed by atoms with van der Waals surface area (Å²) in [7, 11) is 0. The molecule has 9 heteroatoms. The first-order valence-electron chi connectivity index (χ1n) is 6.85. The zero-order chi connectivity index (χ0) is 17.0. The molecule has 0 aliphatic heterocycles. The normalized spacial score (nSPS) is 11.8. The molecule has 0 bridgehead atoms. The molecular formula is C14H18N6O2S. The molecule has 2 aromatic rings. The van der Waals surface area contributed by atoms with Crippen LogP contribution in [0.15, 0.2) is 29.4 Å². The highest BCUT2D eigenvalue weighted by molar-refractivity contribution is 7.98. The van der Waals surface area contributed by atoms with Crippen LogP contribution in [0.5, 0.6) is 0 Å². The molecule has 0 aliphatic carbocycles. The molecule has 1 atom stereocenters. The first kappa shape index (κ1) is 16.8. The summed E-state index contributed by atoms with van der Waals surface area (Å²) >= 11 is 1.37. The number of amides is 2. The molecule has 0 saturated heterocycles. The lowest BCUT2D eigenvalue weighted by Crippen LogP contribution is -2.25. The molecule has 2 amide bonds. The average Bonchev–Trinajstić information content (AvgIpc) is 2.88. The first-order chi connectivity index (χ1) is 10.9. The largest absolute Gasteiger partial charge is 0.368 e. The molecule has 122 valence electrons. The summed E-state index contributed by atoms with van der Waals surface area (Å²) in [6, 6.07) is 6.29. The van der Waals surface area contributed by atoms with Gasteiger partial charge in [-0.25, -0.2) is 0 Å². The van der Waals surface area contributed by atoms with Crippen molar-refractivity contribution < 1.29 is 9.59 Å². The van der Waals surface area contributed by atoms with Gasteiger partial charge in [0.25, 0.3) is 0 Å². The Morgan fingerprint density at radius 3 is 2.26 bits per heavy atom. The molecule has 0 spiro atoms. The van der Waals surface area contributed by atoms with Gasteiger partial charge in [0.1, 0.15) is 6.04 Å². The fraction of sp³-hybridized carbons (Fsp3) is 0.286. The predicted molar refractivity (Wildman–Crippen MR) is 90.3 cm³/mol. The maximum atomic E-state index is 12.4. The van der Waals surface area contributed by atoms with Crippen molar-refractivity contribution in [1.29, 1.82) is 0 Å². The van der Waals surface area contributed by atoms with Gasteiger partial charge in [0.05, 0.1) is 0 Å². The molecule has 23 heavy (non-hydrogen) atoms. The number of carbonyl (C=O) groups excluding carboxylic acids is 2. The number of anilines is 3. The van der Waals surface area contributed by atoms with Gasteiger partial charge in [0.2, 0.25) is 17.8 Å². The van der Waals surface area contributed by atoms with Crippen LogP contribution in [0, 0.1) is 0 Å². The van der Waals surface area contributed by atoms with Crippen molar-refractivity contribution in [3.8, 4) is 0 Å². The van der Waals surface area contributed by atoms with E-state index in [1.54, 1.807) is 35.8 Å². The Morgan fingerprint density at radius 1 is 1.17 bits per heavy atom. The van der Waals surface area contributed by atoms with Crippen LogP contribution in [0.1, 0.15) is 19.9 Å². The van der Waals surface area contributed by atoms with Gasteiger partial charge in [-0.1, -0.05) is 11.8 Å². The van der Waals surface area contributed by atoms with Gasteiger partial charge in [-0.2, -0.15) is 0 Å². The Labute approximate surface area is 137 Å². The molecule has 1 aromatic carbocycles. The van der Waals surface area contributed by atoms with Crippen molar-refractivity contribution in [1.82, 2.24) is 14.8 Å². The molecule has 1 aromatic heterocycles. The van der Waals surface area contributed by atoms with Crippen LogP contribution < -0.4 is 16.4 Å². The summed E-state index contributed by atoms with van der Waals surface area (Å²) in [5.41, 5.74) is 7.05. The highest BCUT2D eigenvalue weighted by Gasteiger charge is 2.21. The lowest BCUT2D eigenvalue weighted by atomic mass is 10.2. The van der Waals surface area contributed by atoms with Crippen molar-refractivity contribution in [3.63, 3.8) is 0 Å². The summed E-state index contributed by atoms with van der Waals surface area (Å²) in [4.78, 5) is 23.4. The molecule has 1 heterocycles. The van der Waals surface area contributed by atoms with Gasteiger partial charge in [-0.3, -0.25) is 14.2 Å². The Morgan fingerprint density at radius 2 is 1.74 bits per heavy atom. The Bertz CT molecular complexity index is 713. The predicted octanol–water partition coefficient (Wildman–Crippen LogP) is 1.74. The molecule has 4 N–H and O–H groups in total. The zero-order valence-corrected chi connectivity index (χ0v) is 13.8. The number of nitrogens with zero attached hydrogens (tertiary/aromatic N) is 3. The molecule has 0 aliphatic rings. The Kier molecular flexibility index (Phi) is 5.22. The van der Waals surface area contributed by atoms with Crippen LogP contribution in [0.25, 0.3) is 0 Å². The molecule has 0 radical (unpaired) electrons. The number of carbonyl (C=O) groups is 2. The van der Waals surface area contributed by atoms with Crippen molar-refractivity contribution in [3.05, 3.63) is 24.3 Å². The number of nitrogen functional groups attached to an aromatic ring is 1. The average molecular weight is 334 g/mol. The minimum absolute atomic E-state index is 0.150. The van der Waals surface area contributed by atoms with Gasteiger partial charge in [0.15, 0.2) is 5.16 Å². The van der Waals surface area contributed by atoms with E-state index >= 15 is 0 Å². The van der Waals surface area contributed by atoms with Crippen LogP contribution in [-0.2, 0) is 9.59 Å². The fourth-order valence-electron chi connectivity index (χ4n) is 2.00. The van der Waals surface area contributed by atoms with Crippen LogP contribution in [0.2, 0.25) is 0 Å². The maximum Gasteiger partial charge on any atom is 0.247 e. The highest BCUT2D eigenvalue weighted by atomic mass is 32.2. The molecular weight excluding hydrogens is 316 g/mol. The summed E-state index contributed by atoms with van der Waals surface area (Å²) < 4.78 is 1.58. The lowest BCUT2D eigenvalue weighted by molar-refractivity contribution is -0.119. The lowest BCUT2D eigenvalue weighted by Gasteiger charge is -2.16. The van der Waals surface area contributed by atoms with Crippen LogP contribution in [0.4, 0.5) is 17.3 Å². The third-order valence-corrected chi connectivity index (χ3v) is 3.76. The number of hydrogen-bond acceptors (Lipinski definition) is 6. The number of benzene rings is 1. The second-order valence-electron chi connectivity index (χ2n) is 4.84. The topological polar surface area (TPSA) is 115 Å². The number of nitrogens with two attached hydrogens (primary N) is 1. The van der Waals surface area contributed by atoms with Crippen molar-refractivity contribution >= 4 is 40.9 Å². The second-order valence-corrected chi connectivity index (χ2v) is 5.61. The summed E-state index contributed by atoms with van der Waals surface area (Å²) in [6.45, 7) is 3.16. The van der Waals surface area contributed by atoms with E-state index in [0.717, 1.165) is 0 Å². The highest BCUT2D eigenvalue weighted by Crippen LogP contribution is 2.22. The molecule has 0 saturated carbocycles.